The molecule has 126 valence electrons. The van der Waals surface area contributed by atoms with Gasteiger partial charge in [0.2, 0.25) is 0 Å². The predicted molar refractivity (Wildman–Crippen MR) is 88.7 cm³/mol. The lowest BCUT2D eigenvalue weighted by Gasteiger charge is -2.43. The first-order chi connectivity index (χ1) is 11.0. The molecule has 1 aliphatic rings. The van der Waals surface area contributed by atoms with Crippen LogP contribution in [0.25, 0.3) is 0 Å². The van der Waals surface area contributed by atoms with Crippen LogP contribution in [0, 0.1) is 0 Å². The van der Waals surface area contributed by atoms with Gasteiger partial charge in [0, 0.05) is 12.0 Å². The molecule has 2 rings (SSSR count). The number of hydrogen-bond acceptors (Lipinski definition) is 4. The van der Waals surface area contributed by atoms with Gasteiger partial charge in [-0.15, -0.1) is 0 Å². The van der Waals surface area contributed by atoms with E-state index in [0.717, 1.165) is 24.3 Å². The lowest BCUT2D eigenvalue weighted by atomic mass is 9.90. The van der Waals surface area contributed by atoms with E-state index in [1.165, 1.54) is 5.56 Å². The summed E-state index contributed by atoms with van der Waals surface area (Å²) >= 11 is 0. The molecule has 0 aliphatic carbocycles. The first-order valence-corrected chi connectivity index (χ1v) is 7.86. The minimum absolute atomic E-state index is 0.0166. The summed E-state index contributed by atoms with van der Waals surface area (Å²) in [5, 5.41) is 0. The van der Waals surface area contributed by atoms with Crippen LogP contribution in [0.2, 0.25) is 0 Å². The Morgan fingerprint density at radius 3 is 2.57 bits per heavy atom. The zero-order valence-corrected chi connectivity index (χ0v) is 14.4. The van der Waals surface area contributed by atoms with Crippen LogP contribution in [0.5, 0.6) is 11.5 Å². The van der Waals surface area contributed by atoms with E-state index in [9.17, 15) is 4.79 Å². The van der Waals surface area contributed by atoms with E-state index < -0.39 is 0 Å². The van der Waals surface area contributed by atoms with Crippen molar-refractivity contribution >= 4 is 5.97 Å². The van der Waals surface area contributed by atoms with Crippen molar-refractivity contribution in [1.29, 1.82) is 0 Å². The number of carbonyl (C=O) groups is 1. The molecule has 0 radical (unpaired) electrons. The first-order valence-electron chi connectivity index (χ1n) is 7.86. The van der Waals surface area contributed by atoms with E-state index in [1.807, 2.05) is 25.1 Å². The van der Waals surface area contributed by atoms with Crippen LogP contribution in [0.15, 0.2) is 24.8 Å². The maximum atomic E-state index is 12.0. The highest BCUT2D eigenvalue weighted by Crippen LogP contribution is 2.41. The molecule has 0 saturated carbocycles. The largest absolute Gasteiger partial charge is 0.493 e. The van der Waals surface area contributed by atoms with Crippen LogP contribution in [-0.4, -0.2) is 51.4 Å². The number of likely N-dealkylation sites (N-methyl/N-ethyl adjacent to an activating group) is 1. The molecule has 0 spiro atoms. The van der Waals surface area contributed by atoms with Gasteiger partial charge in [-0.05, 0) is 30.7 Å². The number of carbonyl (C=O) groups excluding carboxylic acids is 1. The van der Waals surface area contributed by atoms with Crippen molar-refractivity contribution in [3.63, 3.8) is 0 Å². The number of nitrogens with zero attached hydrogens (tertiary/aromatic N) is 1. The van der Waals surface area contributed by atoms with Crippen molar-refractivity contribution in [3.05, 3.63) is 35.9 Å². The van der Waals surface area contributed by atoms with Gasteiger partial charge in [0.15, 0.2) is 18.0 Å². The molecule has 1 aromatic rings. The van der Waals surface area contributed by atoms with E-state index in [4.69, 9.17) is 14.2 Å². The smallest absolute Gasteiger partial charge is 0.361 e. The third-order valence-corrected chi connectivity index (χ3v) is 4.55. The van der Waals surface area contributed by atoms with Gasteiger partial charge in [0.1, 0.15) is 6.04 Å². The molecule has 0 amide bonds. The van der Waals surface area contributed by atoms with E-state index in [2.05, 4.69) is 13.6 Å². The monoisotopic (exact) mass is 320 g/mol. The molecular formula is C18H26NO4+. The molecule has 5 nitrogen and oxygen atoms in total. The summed E-state index contributed by atoms with van der Waals surface area (Å²) in [6, 6.07) is 4.04. The van der Waals surface area contributed by atoms with Crippen molar-refractivity contribution in [2.75, 3.05) is 41.0 Å². The quantitative estimate of drug-likeness (QED) is 0.459. The van der Waals surface area contributed by atoms with Crippen LogP contribution < -0.4 is 9.47 Å². The molecule has 0 N–H and O–H groups in total. The van der Waals surface area contributed by atoms with E-state index in [0.29, 0.717) is 23.4 Å². The molecule has 0 fully saturated rings. The Labute approximate surface area is 138 Å². The van der Waals surface area contributed by atoms with Gasteiger partial charge >= 0.3 is 5.97 Å². The van der Waals surface area contributed by atoms with Crippen molar-refractivity contribution < 1.29 is 23.5 Å². The third-order valence-electron chi connectivity index (χ3n) is 4.55. The Bertz CT molecular complexity index is 599. The van der Waals surface area contributed by atoms with Crippen molar-refractivity contribution in [3.8, 4) is 11.5 Å². The average molecular weight is 320 g/mol. The molecule has 0 bridgehead atoms. The molecule has 0 saturated heterocycles. The third kappa shape index (κ3) is 3.34. The van der Waals surface area contributed by atoms with Gasteiger partial charge in [-0.3, -0.25) is 0 Å². The highest BCUT2D eigenvalue weighted by Gasteiger charge is 2.40. The number of fused-ring (bicyclic) bond motifs is 1. The van der Waals surface area contributed by atoms with Gasteiger partial charge in [0.05, 0.1) is 34.4 Å². The fourth-order valence-corrected chi connectivity index (χ4v) is 3.34. The Hall–Kier alpha value is -2.01. The lowest BCUT2D eigenvalue weighted by Crippen LogP contribution is -2.53. The Kier molecular flexibility index (Phi) is 5.31. The van der Waals surface area contributed by atoms with Crippen LogP contribution in [0.3, 0.4) is 0 Å². The molecular weight excluding hydrogens is 294 g/mol. The first kappa shape index (κ1) is 17.3. The van der Waals surface area contributed by atoms with Gasteiger partial charge in [-0.2, -0.15) is 0 Å². The Morgan fingerprint density at radius 2 is 2.00 bits per heavy atom. The maximum Gasteiger partial charge on any atom is 0.361 e. The second-order valence-electron chi connectivity index (χ2n) is 6.00. The topological polar surface area (TPSA) is 44.8 Å². The number of hydrogen-bond donors (Lipinski definition) is 0. The summed E-state index contributed by atoms with van der Waals surface area (Å²) in [5.74, 6) is 1.25. The van der Waals surface area contributed by atoms with Crippen LogP contribution >= 0.6 is 0 Å². The number of rotatable bonds is 6. The Morgan fingerprint density at radius 1 is 1.35 bits per heavy atom. The van der Waals surface area contributed by atoms with Crippen molar-refractivity contribution in [2.24, 2.45) is 0 Å². The highest BCUT2D eigenvalue weighted by molar-refractivity contribution is 5.70. The minimum atomic E-state index is -0.175. The Balaban J connectivity index is 2.40. The molecule has 1 heterocycles. The minimum Gasteiger partial charge on any atom is -0.493 e. The summed E-state index contributed by atoms with van der Waals surface area (Å²) in [7, 11) is 5.34. The molecule has 2 unspecified atom stereocenters. The SMILES string of the molecule is C=CC1c2cc(OC)c(OC)cc2CC[N+]1(C)CC(=O)OCC. The van der Waals surface area contributed by atoms with Gasteiger partial charge < -0.3 is 18.7 Å². The van der Waals surface area contributed by atoms with E-state index >= 15 is 0 Å². The van der Waals surface area contributed by atoms with Gasteiger partial charge in [0.25, 0.3) is 0 Å². The van der Waals surface area contributed by atoms with Crippen molar-refractivity contribution in [2.45, 2.75) is 19.4 Å². The van der Waals surface area contributed by atoms with Crippen LogP contribution in [-0.2, 0) is 16.0 Å². The summed E-state index contributed by atoms with van der Waals surface area (Å²) in [6.07, 6.45) is 2.78. The number of esters is 1. The maximum absolute atomic E-state index is 12.0. The molecule has 1 aromatic carbocycles. The fraction of sp³-hybridized carbons (Fsp3) is 0.500. The molecule has 2 atom stereocenters. The van der Waals surface area contributed by atoms with E-state index in [1.54, 1.807) is 14.2 Å². The second kappa shape index (κ2) is 7.04. The number of methoxy groups -OCH3 is 2. The zero-order valence-electron chi connectivity index (χ0n) is 14.4. The molecule has 0 aromatic heterocycles. The molecule has 5 heteroatoms. The summed E-state index contributed by atoms with van der Waals surface area (Å²) in [5.41, 5.74) is 2.35. The number of quaternary nitrogens is 1. The zero-order chi connectivity index (χ0) is 17.0. The number of ether oxygens (including phenoxy) is 3. The lowest BCUT2D eigenvalue weighted by molar-refractivity contribution is -0.928. The second-order valence-corrected chi connectivity index (χ2v) is 6.00. The molecule has 23 heavy (non-hydrogen) atoms. The predicted octanol–water partition coefficient (Wildman–Crippen LogP) is 2.50. The fourth-order valence-electron chi connectivity index (χ4n) is 3.34. The van der Waals surface area contributed by atoms with Gasteiger partial charge in [-0.25, -0.2) is 4.79 Å². The summed E-state index contributed by atoms with van der Waals surface area (Å²) < 4.78 is 16.5. The highest BCUT2D eigenvalue weighted by atomic mass is 16.5. The van der Waals surface area contributed by atoms with Crippen LogP contribution in [0.4, 0.5) is 0 Å². The number of benzene rings is 1. The van der Waals surface area contributed by atoms with Crippen LogP contribution in [0.1, 0.15) is 24.1 Å². The normalized spacial score (nSPS) is 22.9. The average Bonchev–Trinajstić information content (AvgIpc) is 2.53. The van der Waals surface area contributed by atoms with E-state index in [-0.39, 0.29) is 12.0 Å². The van der Waals surface area contributed by atoms with Crippen molar-refractivity contribution in [1.82, 2.24) is 0 Å². The summed E-state index contributed by atoms with van der Waals surface area (Å²) in [6.45, 7) is 7.39. The molecule has 1 aliphatic heterocycles. The standard InChI is InChI=1S/C18H26NO4/c1-6-15-14-11-17(22-5)16(21-4)10-13(14)8-9-19(15,3)12-18(20)23-7-2/h6,10-11,15H,1,7-9,12H2,2-5H3/q+1. The summed E-state index contributed by atoms with van der Waals surface area (Å²) in [4.78, 5) is 12.0. The van der Waals surface area contributed by atoms with Gasteiger partial charge in [-0.1, -0.05) is 6.58 Å².